The van der Waals surface area contributed by atoms with Gasteiger partial charge in [0.15, 0.2) is 0 Å². The van der Waals surface area contributed by atoms with E-state index in [1.165, 1.54) is 0 Å². The first kappa shape index (κ1) is 7.61. The van der Waals surface area contributed by atoms with Gasteiger partial charge in [0.2, 0.25) is 0 Å². The molecule has 0 saturated heterocycles. The summed E-state index contributed by atoms with van der Waals surface area (Å²) in [6, 6.07) is 2.31. The molecule has 1 aromatic heterocycles. The van der Waals surface area contributed by atoms with Crippen molar-refractivity contribution in [2.45, 2.75) is 25.0 Å². The Morgan fingerprint density at radius 1 is 1.67 bits per heavy atom. The fourth-order valence-electron chi connectivity index (χ4n) is 1.50. The molecular formula is C8H13N3O. The number of aromatic nitrogens is 2. The van der Waals surface area contributed by atoms with Crippen LogP contribution >= 0.6 is 0 Å². The molecule has 0 amide bonds. The van der Waals surface area contributed by atoms with E-state index in [1.807, 2.05) is 16.9 Å². The van der Waals surface area contributed by atoms with Gasteiger partial charge in [-0.3, -0.25) is 4.68 Å². The number of methoxy groups -OCH3 is 1. The van der Waals surface area contributed by atoms with Gasteiger partial charge in [-0.2, -0.15) is 5.10 Å². The van der Waals surface area contributed by atoms with Crippen LogP contribution in [0.4, 0.5) is 5.82 Å². The Labute approximate surface area is 71.3 Å². The van der Waals surface area contributed by atoms with Crippen LogP contribution in [0, 0.1) is 0 Å². The number of nitrogens with zero attached hydrogens (tertiary/aromatic N) is 2. The van der Waals surface area contributed by atoms with Crippen LogP contribution in [0.5, 0.6) is 0 Å². The molecule has 1 aliphatic carbocycles. The lowest BCUT2D eigenvalue weighted by atomic mass is 9.89. The highest BCUT2D eigenvalue weighted by Gasteiger charge is 2.30. The Balaban J connectivity index is 1.96. The minimum absolute atomic E-state index is 0.417. The summed E-state index contributed by atoms with van der Waals surface area (Å²) in [5, 5.41) is 4.14. The summed E-state index contributed by atoms with van der Waals surface area (Å²) < 4.78 is 7.09. The van der Waals surface area contributed by atoms with Crippen LogP contribution < -0.4 is 5.73 Å². The van der Waals surface area contributed by atoms with Crippen LogP contribution in [-0.4, -0.2) is 23.0 Å². The lowest BCUT2D eigenvalue weighted by Gasteiger charge is -2.33. The number of hydrogen-bond acceptors (Lipinski definition) is 3. The van der Waals surface area contributed by atoms with Crippen LogP contribution in [0.3, 0.4) is 0 Å². The molecule has 12 heavy (non-hydrogen) atoms. The van der Waals surface area contributed by atoms with Crippen molar-refractivity contribution in [2.75, 3.05) is 12.8 Å². The second-order valence-electron chi connectivity index (χ2n) is 3.20. The highest BCUT2D eigenvalue weighted by Crippen LogP contribution is 2.33. The zero-order valence-corrected chi connectivity index (χ0v) is 7.10. The molecule has 0 unspecified atom stereocenters. The van der Waals surface area contributed by atoms with E-state index >= 15 is 0 Å². The van der Waals surface area contributed by atoms with Gasteiger partial charge in [-0.05, 0) is 18.9 Å². The van der Waals surface area contributed by atoms with Crippen LogP contribution in [0.2, 0.25) is 0 Å². The Morgan fingerprint density at radius 2 is 2.42 bits per heavy atom. The first-order valence-corrected chi connectivity index (χ1v) is 4.13. The van der Waals surface area contributed by atoms with Crippen molar-refractivity contribution >= 4 is 5.82 Å². The van der Waals surface area contributed by atoms with Crippen molar-refractivity contribution in [1.29, 1.82) is 0 Å². The Hall–Kier alpha value is -1.03. The molecule has 1 aromatic rings. The van der Waals surface area contributed by atoms with Gasteiger partial charge in [0.05, 0.1) is 12.1 Å². The van der Waals surface area contributed by atoms with Crippen LogP contribution in [0.25, 0.3) is 0 Å². The molecule has 0 aromatic carbocycles. The van der Waals surface area contributed by atoms with Gasteiger partial charge in [-0.25, -0.2) is 0 Å². The molecule has 66 valence electrons. The van der Waals surface area contributed by atoms with E-state index in [0.29, 0.717) is 18.0 Å². The Kier molecular flexibility index (Phi) is 1.77. The normalized spacial score (nSPS) is 28.4. The summed E-state index contributed by atoms with van der Waals surface area (Å²) >= 11 is 0. The number of nitrogen functional groups attached to an aromatic ring is 1. The average molecular weight is 167 g/mol. The Morgan fingerprint density at radius 3 is 2.92 bits per heavy atom. The predicted octanol–water partition coefficient (Wildman–Crippen LogP) is 0.815. The van der Waals surface area contributed by atoms with Crippen molar-refractivity contribution < 1.29 is 4.74 Å². The van der Waals surface area contributed by atoms with Crippen molar-refractivity contribution in [3.8, 4) is 0 Å². The van der Waals surface area contributed by atoms with Crippen molar-refractivity contribution in [3.63, 3.8) is 0 Å². The third-order valence-corrected chi connectivity index (χ3v) is 2.41. The number of nitrogens with two attached hydrogens (primary N) is 1. The van der Waals surface area contributed by atoms with Crippen LogP contribution in [-0.2, 0) is 4.74 Å². The molecule has 0 aliphatic heterocycles. The van der Waals surface area contributed by atoms with E-state index in [0.717, 1.165) is 12.8 Å². The minimum Gasteiger partial charge on any atom is -0.382 e. The SMILES string of the molecule is COC1CC(n2ccc(N)n2)C1. The van der Waals surface area contributed by atoms with E-state index in [1.54, 1.807) is 7.11 Å². The Bertz CT molecular complexity index is 265. The van der Waals surface area contributed by atoms with Crippen molar-refractivity contribution in [3.05, 3.63) is 12.3 Å². The molecule has 1 saturated carbocycles. The quantitative estimate of drug-likeness (QED) is 0.709. The molecular weight excluding hydrogens is 154 g/mol. The number of anilines is 1. The number of hydrogen-bond donors (Lipinski definition) is 1. The molecule has 4 nitrogen and oxygen atoms in total. The summed E-state index contributed by atoms with van der Waals surface area (Å²) in [5.41, 5.74) is 5.50. The lowest BCUT2D eigenvalue weighted by Crippen LogP contribution is -2.32. The first-order chi connectivity index (χ1) is 5.79. The maximum atomic E-state index is 5.50. The van der Waals surface area contributed by atoms with Gasteiger partial charge >= 0.3 is 0 Å². The summed E-state index contributed by atoms with van der Waals surface area (Å²) in [6.45, 7) is 0. The van der Waals surface area contributed by atoms with Gasteiger partial charge < -0.3 is 10.5 Å². The smallest absolute Gasteiger partial charge is 0.145 e. The topological polar surface area (TPSA) is 53.1 Å². The largest absolute Gasteiger partial charge is 0.382 e. The third kappa shape index (κ3) is 1.18. The standard InChI is InChI=1S/C8H13N3O/c1-12-7-4-6(5-7)11-3-2-8(9)10-11/h2-3,6-7H,4-5H2,1H3,(H2,9,10). The predicted molar refractivity (Wildman–Crippen MR) is 45.7 cm³/mol. The zero-order valence-electron chi connectivity index (χ0n) is 7.10. The first-order valence-electron chi connectivity index (χ1n) is 4.13. The van der Waals surface area contributed by atoms with Gasteiger partial charge in [0.25, 0.3) is 0 Å². The number of ether oxygens (including phenoxy) is 1. The molecule has 1 fully saturated rings. The van der Waals surface area contributed by atoms with E-state index in [9.17, 15) is 0 Å². The average Bonchev–Trinajstić information content (AvgIpc) is 2.34. The monoisotopic (exact) mass is 167 g/mol. The van der Waals surface area contributed by atoms with E-state index in [-0.39, 0.29) is 0 Å². The molecule has 2 N–H and O–H groups in total. The maximum absolute atomic E-state index is 5.50. The molecule has 1 aliphatic rings. The van der Waals surface area contributed by atoms with Gasteiger partial charge in [-0.1, -0.05) is 0 Å². The van der Waals surface area contributed by atoms with E-state index in [4.69, 9.17) is 10.5 Å². The number of rotatable bonds is 2. The maximum Gasteiger partial charge on any atom is 0.145 e. The zero-order chi connectivity index (χ0) is 8.55. The van der Waals surface area contributed by atoms with Gasteiger partial charge in [-0.15, -0.1) is 0 Å². The van der Waals surface area contributed by atoms with Crippen molar-refractivity contribution in [2.24, 2.45) is 0 Å². The van der Waals surface area contributed by atoms with E-state index in [2.05, 4.69) is 5.10 Å². The minimum atomic E-state index is 0.417. The van der Waals surface area contributed by atoms with Crippen molar-refractivity contribution in [1.82, 2.24) is 9.78 Å². The molecule has 0 spiro atoms. The molecule has 0 bridgehead atoms. The second-order valence-corrected chi connectivity index (χ2v) is 3.20. The molecule has 2 rings (SSSR count). The van der Waals surface area contributed by atoms with Crippen LogP contribution in [0.15, 0.2) is 12.3 Å². The van der Waals surface area contributed by atoms with Gasteiger partial charge in [0, 0.05) is 13.3 Å². The van der Waals surface area contributed by atoms with E-state index < -0.39 is 0 Å². The molecule has 1 heterocycles. The molecule has 0 atom stereocenters. The highest BCUT2D eigenvalue weighted by atomic mass is 16.5. The third-order valence-electron chi connectivity index (χ3n) is 2.41. The van der Waals surface area contributed by atoms with Crippen LogP contribution in [0.1, 0.15) is 18.9 Å². The highest BCUT2D eigenvalue weighted by molar-refractivity contribution is 5.24. The second kappa shape index (κ2) is 2.79. The fraction of sp³-hybridized carbons (Fsp3) is 0.625. The fourth-order valence-corrected chi connectivity index (χ4v) is 1.50. The summed E-state index contributed by atoms with van der Waals surface area (Å²) in [5.74, 6) is 0.593. The summed E-state index contributed by atoms with van der Waals surface area (Å²) in [4.78, 5) is 0. The summed E-state index contributed by atoms with van der Waals surface area (Å²) in [6.07, 6.45) is 4.45. The van der Waals surface area contributed by atoms with Gasteiger partial charge in [0.1, 0.15) is 5.82 Å². The summed E-state index contributed by atoms with van der Waals surface area (Å²) in [7, 11) is 1.75. The molecule has 0 radical (unpaired) electrons. The lowest BCUT2D eigenvalue weighted by molar-refractivity contribution is 0.00257. The molecule has 4 heteroatoms.